The molecular formula is C15H23NO2. The van der Waals surface area contributed by atoms with E-state index >= 15 is 0 Å². The summed E-state index contributed by atoms with van der Waals surface area (Å²) >= 11 is 0. The minimum atomic E-state index is -0.480. The molecule has 1 aliphatic carbocycles. The maximum atomic E-state index is 10.1. The quantitative estimate of drug-likeness (QED) is 0.842. The number of methoxy groups -OCH3 is 1. The standard InChI is InChI=1S/C15H23NO2/c1-11-5-6-13(14(9-11)18-3)12(2)16-10-15(17)7-4-8-15/h5-6,9,12,16-17H,4,7-8,10H2,1-3H3. The molecule has 0 spiro atoms. The van der Waals surface area contributed by atoms with Crippen LogP contribution >= 0.6 is 0 Å². The Morgan fingerprint density at radius 3 is 2.72 bits per heavy atom. The first-order valence-corrected chi connectivity index (χ1v) is 6.64. The highest BCUT2D eigenvalue weighted by atomic mass is 16.5. The van der Waals surface area contributed by atoms with Crippen molar-refractivity contribution < 1.29 is 9.84 Å². The van der Waals surface area contributed by atoms with Crippen molar-refractivity contribution in [3.05, 3.63) is 29.3 Å². The smallest absolute Gasteiger partial charge is 0.123 e. The first-order chi connectivity index (χ1) is 8.54. The van der Waals surface area contributed by atoms with Crippen LogP contribution in [0.5, 0.6) is 5.75 Å². The first-order valence-electron chi connectivity index (χ1n) is 6.64. The number of aliphatic hydroxyl groups is 1. The third-order valence-electron chi connectivity index (χ3n) is 3.88. The van der Waals surface area contributed by atoms with Crippen LogP contribution in [-0.2, 0) is 0 Å². The van der Waals surface area contributed by atoms with Gasteiger partial charge in [0.25, 0.3) is 0 Å². The Labute approximate surface area is 109 Å². The Morgan fingerprint density at radius 1 is 1.44 bits per heavy atom. The summed E-state index contributed by atoms with van der Waals surface area (Å²) < 4.78 is 5.42. The van der Waals surface area contributed by atoms with E-state index in [1.54, 1.807) is 7.11 Å². The van der Waals surface area contributed by atoms with Gasteiger partial charge in [-0.15, -0.1) is 0 Å². The van der Waals surface area contributed by atoms with Crippen LogP contribution in [0.1, 0.15) is 43.4 Å². The molecule has 1 aromatic rings. The van der Waals surface area contributed by atoms with Crippen LogP contribution in [0.4, 0.5) is 0 Å². The summed E-state index contributed by atoms with van der Waals surface area (Å²) in [5.74, 6) is 0.913. The number of ether oxygens (including phenoxy) is 1. The van der Waals surface area contributed by atoms with E-state index in [9.17, 15) is 5.11 Å². The highest BCUT2D eigenvalue weighted by Gasteiger charge is 2.34. The Balaban J connectivity index is 2.01. The lowest BCUT2D eigenvalue weighted by molar-refractivity contribution is -0.0329. The van der Waals surface area contributed by atoms with E-state index < -0.39 is 5.60 Å². The van der Waals surface area contributed by atoms with E-state index in [1.165, 1.54) is 5.56 Å². The molecule has 0 aliphatic heterocycles. The molecule has 1 aromatic carbocycles. The summed E-state index contributed by atoms with van der Waals surface area (Å²) in [6.45, 7) is 4.82. The predicted molar refractivity (Wildman–Crippen MR) is 72.9 cm³/mol. The fourth-order valence-electron chi connectivity index (χ4n) is 2.39. The van der Waals surface area contributed by atoms with Crippen molar-refractivity contribution in [3.63, 3.8) is 0 Å². The zero-order chi connectivity index (χ0) is 13.2. The Morgan fingerprint density at radius 2 is 2.17 bits per heavy atom. The zero-order valence-electron chi connectivity index (χ0n) is 11.5. The molecule has 0 heterocycles. The number of benzene rings is 1. The number of hydrogen-bond acceptors (Lipinski definition) is 3. The van der Waals surface area contributed by atoms with Crippen LogP contribution < -0.4 is 10.1 Å². The van der Waals surface area contributed by atoms with Gasteiger partial charge in [0.05, 0.1) is 12.7 Å². The highest BCUT2D eigenvalue weighted by molar-refractivity contribution is 5.39. The van der Waals surface area contributed by atoms with Crippen LogP contribution in [0, 0.1) is 6.92 Å². The van der Waals surface area contributed by atoms with Gasteiger partial charge in [0, 0.05) is 18.2 Å². The molecule has 1 atom stereocenters. The van der Waals surface area contributed by atoms with Crippen LogP contribution in [0.15, 0.2) is 18.2 Å². The Bertz CT molecular complexity index is 413. The molecule has 1 aliphatic rings. The average molecular weight is 249 g/mol. The maximum Gasteiger partial charge on any atom is 0.123 e. The second kappa shape index (κ2) is 5.29. The summed E-state index contributed by atoms with van der Waals surface area (Å²) in [6, 6.07) is 6.42. The summed E-state index contributed by atoms with van der Waals surface area (Å²) in [5.41, 5.74) is 1.86. The van der Waals surface area contributed by atoms with Crippen molar-refractivity contribution in [1.29, 1.82) is 0 Å². The van der Waals surface area contributed by atoms with Gasteiger partial charge in [-0.25, -0.2) is 0 Å². The molecule has 0 saturated heterocycles. The number of nitrogens with one attached hydrogen (secondary N) is 1. The molecule has 3 nitrogen and oxygen atoms in total. The average Bonchev–Trinajstić information content (AvgIpc) is 2.33. The molecule has 1 saturated carbocycles. The molecule has 1 unspecified atom stereocenters. The van der Waals surface area contributed by atoms with Crippen molar-refractivity contribution in [3.8, 4) is 5.75 Å². The Hall–Kier alpha value is -1.06. The fraction of sp³-hybridized carbons (Fsp3) is 0.600. The van der Waals surface area contributed by atoms with Gasteiger partial charge in [-0.1, -0.05) is 12.1 Å². The van der Waals surface area contributed by atoms with E-state index in [1.807, 2.05) is 6.07 Å². The SMILES string of the molecule is COc1cc(C)ccc1C(C)NCC1(O)CCC1. The van der Waals surface area contributed by atoms with E-state index in [0.717, 1.165) is 30.6 Å². The summed E-state index contributed by atoms with van der Waals surface area (Å²) in [4.78, 5) is 0. The Kier molecular flexibility index (Phi) is 3.93. The molecule has 0 amide bonds. The topological polar surface area (TPSA) is 41.5 Å². The van der Waals surface area contributed by atoms with Crippen LogP contribution in [-0.4, -0.2) is 24.4 Å². The van der Waals surface area contributed by atoms with E-state index in [-0.39, 0.29) is 6.04 Å². The van der Waals surface area contributed by atoms with Crippen LogP contribution in [0.25, 0.3) is 0 Å². The molecule has 0 radical (unpaired) electrons. The number of aryl methyl sites for hydroxylation is 1. The number of rotatable bonds is 5. The molecule has 0 aromatic heterocycles. The second-order valence-electron chi connectivity index (χ2n) is 5.43. The van der Waals surface area contributed by atoms with Gasteiger partial charge >= 0.3 is 0 Å². The van der Waals surface area contributed by atoms with Crippen molar-refractivity contribution in [2.45, 2.75) is 44.8 Å². The minimum absolute atomic E-state index is 0.185. The molecule has 2 rings (SSSR count). The van der Waals surface area contributed by atoms with Crippen molar-refractivity contribution >= 4 is 0 Å². The van der Waals surface area contributed by atoms with Gasteiger partial charge in [0.2, 0.25) is 0 Å². The van der Waals surface area contributed by atoms with E-state index in [2.05, 4.69) is 31.3 Å². The largest absolute Gasteiger partial charge is 0.496 e. The third kappa shape index (κ3) is 2.85. The molecule has 100 valence electrons. The molecule has 2 N–H and O–H groups in total. The molecule has 3 heteroatoms. The molecule has 1 fully saturated rings. The van der Waals surface area contributed by atoms with Gasteiger partial charge in [-0.05, 0) is 44.7 Å². The van der Waals surface area contributed by atoms with Crippen molar-refractivity contribution in [2.24, 2.45) is 0 Å². The van der Waals surface area contributed by atoms with Gasteiger partial charge in [0.15, 0.2) is 0 Å². The zero-order valence-corrected chi connectivity index (χ0v) is 11.5. The maximum absolute atomic E-state index is 10.1. The lowest BCUT2D eigenvalue weighted by Crippen LogP contribution is -2.46. The molecule has 0 bridgehead atoms. The van der Waals surface area contributed by atoms with Crippen molar-refractivity contribution in [2.75, 3.05) is 13.7 Å². The van der Waals surface area contributed by atoms with E-state index in [4.69, 9.17) is 4.74 Å². The number of hydrogen-bond donors (Lipinski definition) is 2. The summed E-state index contributed by atoms with van der Waals surface area (Å²) in [5, 5.41) is 13.5. The molecular weight excluding hydrogens is 226 g/mol. The summed E-state index contributed by atoms with van der Waals surface area (Å²) in [6.07, 6.45) is 2.97. The lowest BCUT2D eigenvalue weighted by Gasteiger charge is -2.37. The van der Waals surface area contributed by atoms with Gasteiger partial charge in [-0.2, -0.15) is 0 Å². The van der Waals surface area contributed by atoms with Crippen molar-refractivity contribution in [1.82, 2.24) is 5.32 Å². The highest BCUT2D eigenvalue weighted by Crippen LogP contribution is 2.32. The lowest BCUT2D eigenvalue weighted by atomic mass is 9.80. The second-order valence-corrected chi connectivity index (χ2v) is 5.43. The van der Waals surface area contributed by atoms with Crippen LogP contribution in [0.2, 0.25) is 0 Å². The monoisotopic (exact) mass is 249 g/mol. The third-order valence-corrected chi connectivity index (χ3v) is 3.88. The summed E-state index contributed by atoms with van der Waals surface area (Å²) in [7, 11) is 1.70. The van der Waals surface area contributed by atoms with Gasteiger partial charge in [-0.3, -0.25) is 0 Å². The predicted octanol–water partition coefficient (Wildman–Crippen LogP) is 2.57. The first kappa shape index (κ1) is 13.4. The van der Waals surface area contributed by atoms with Gasteiger partial charge in [0.1, 0.15) is 5.75 Å². The normalized spacial score (nSPS) is 19.1. The fourth-order valence-corrected chi connectivity index (χ4v) is 2.39. The van der Waals surface area contributed by atoms with E-state index in [0.29, 0.717) is 6.54 Å². The van der Waals surface area contributed by atoms with Gasteiger partial charge < -0.3 is 15.2 Å². The minimum Gasteiger partial charge on any atom is -0.496 e. The molecule has 18 heavy (non-hydrogen) atoms. The van der Waals surface area contributed by atoms with Crippen LogP contribution in [0.3, 0.4) is 0 Å².